The summed E-state index contributed by atoms with van der Waals surface area (Å²) in [5.41, 5.74) is 0.665. The monoisotopic (exact) mass is 262 g/mol. The van der Waals surface area contributed by atoms with Crippen LogP contribution in [0.3, 0.4) is 0 Å². The van der Waals surface area contributed by atoms with Gasteiger partial charge in [-0.1, -0.05) is 0 Å². The number of nitrogens with one attached hydrogen (secondary N) is 2. The van der Waals surface area contributed by atoms with Crippen molar-refractivity contribution in [2.24, 2.45) is 0 Å². The van der Waals surface area contributed by atoms with Gasteiger partial charge in [0.25, 0.3) is 5.91 Å². The first-order chi connectivity index (χ1) is 9.06. The van der Waals surface area contributed by atoms with Crippen LogP contribution in [0.2, 0.25) is 0 Å². The second-order valence-electron chi connectivity index (χ2n) is 3.84. The summed E-state index contributed by atoms with van der Waals surface area (Å²) in [7, 11) is 0. The van der Waals surface area contributed by atoms with E-state index in [-0.39, 0.29) is 17.2 Å². The lowest BCUT2D eigenvalue weighted by Crippen LogP contribution is -2.13. The average Bonchev–Trinajstić information content (AvgIpc) is 2.86. The van der Waals surface area contributed by atoms with Crippen LogP contribution in [0.5, 0.6) is 0 Å². The van der Waals surface area contributed by atoms with Crippen LogP contribution in [-0.2, 0) is 4.79 Å². The van der Waals surface area contributed by atoms with E-state index in [1.165, 1.54) is 37.6 Å². The van der Waals surface area contributed by atoms with E-state index in [1.54, 1.807) is 0 Å². The molecule has 0 spiro atoms. The number of halogens is 1. The van der Waals surface area contributed by atoms with Crippen molar-refractivity contribution in [3.63, 3.8) is 0 Å². The molecule has 98 valence electrons. The molecule has 2 amide bonds. The molecule has 0 aliphatic rings. The fraction of sp³-hybridized carbons (Fsp3) is 0.0769. The van der Waals surface area contributed by atoms with Crippen molar-refractivity contribution in [1.29, 1.82) is 0 Å². The molecule has 1 heterocycles. The van der Waals surface area contributed by atoms with E-state index in [0.29, 0.717) is 5.69 Å². The number of carbonyl (C=O) groups excluding carboxylic acids is 2. The number of rotatable bonds is 3. The molecule has 5 nitrogen and oxygen atoms in total. The maximum absolute atomic E-state index is 13.6. The Morgan fingerprint density at radius 1 is 1.21 bits per heavy atom. The van der Waals surface area contributed by atoms with Crippen molar-refractivity contribution in [2.45, 2.75) is 6.92 Å². The fourth-order valence-electron chi connectivity index (χ4n) is 1.49. The smallest absolute Gasteiger partial charge is 0.258 e. The molecule has 0 atom stereocenters. The lowest BCUT2D eigenvalue weighted by Gasteiger charge is -2.08. The van der Waals surface area contributed by atoms with Gasteiger partial charge < -0.3 is 15.1 Å². The van der Waals surface area contributed by atoms with Crippen molar-refractivity contribution < 1.29 is 18.4 Å². The van der Waals surface area contributed by atoms with Gasteiger partial charge in [0.15, 0.2) is 0 Å². The van der Waals surface area contributed by atoms with Gasteiger partial charge in [-0.15, -0.1) is 0 Å². The highest BCUT2D eigenvalue weighted by Crippen LogP contribution is 2.20. The van der Waals surface area contributed by atoms with Crippen LogP contribution in [0, 0.1) is 5.82 Å². The normalized spacial score (nSPS) is 10.0. The Kier molecular flexibility index (Phi) is 3.61. The van der Waals surface area contributed by atoms with E-state index in [2.05, 4.69) is 10.6 Å². The summed E-state index contributed by atoms with van der Waals surface area (Å²) in [6, 6.07) is 5.38. The van der Waals surface area contributed by atoms with Gasteiger partial charge in [-0.25, -0.2) is 4.39 Å². The highest BCUT2D eigenvalue weighted by atomic mass is 19.1. The van der Waals surface area contributed by atoms with Crippen molar-refractivity contribution >= 4 is 23.2 Å². The fourth-order valence-corrected chi connectivity index (χ4v) is 1.49. The molecule has 0 saturated carbocycles. The molecule has 0 aliphatic carbocycles. The lowest BCUT2D eigenvalue weighted by molar-refractivity contribution is -0.114. The maximum Gasteiger partial charge on any atom is 0.258 e. The highest BCUT2D eigenvalue weighted by molar-refractivity contribution is 6.04. The van der Waals surface area contributed by atoms with Gasteiger partial charge in [0.05, 0.1) is 17.5 Å². The third kappa shape index (κ3) is 3.19. The second kappa shape index (κ2) is 5.34. The Balaban J connectivity index is 2.19. The standard InChI is InChI=1S/C13H11FN2O3/c1-8(17)15-10-2-3-11(14)12(6-10)16-13(18)9-4-5-19-7-9/h2-7H,1H3,(H,15,17)(H,16,18). The number of carbonyl (C=O) groups is 2. The molecule has 2 rings (SSSR count). The summed E-state index contributed by atoms with van der Waals surface area (Å²) < 4.78 is 18.3. The van der Waals surface area contributed by atoms with E-state index >= 15 is 0 Å². The zero-order valence-corrected chi connectivity index (χ0v) is 10.1. The third-order valence-electron chi connectivity index (χ3n) is 2.32. The number of hydrogen-bond donors (Lipinski definition) is 2. The zero-order chi connectivity index (χ0) is 13.8. The Hall–Kier alpha value is -2.63. The third-order valence-corrected chi connectivity index (χ3v) is 2.32. The summed E-state index contributed by atoms with van der Waals surface area (Å²) >= 11 is 0. The molecule has 19 heavy (non-hydrogen) atoms. The summed E-state index contributed by atoms with van der Waals surface area (Å²) in [4.78, 5) is 22.6. The van der Waals surface area contributed by atoms with Gasteiger partial charge in [-0.3, -0.25) is 9.59 Å². The van der Waals surface area contributed by atoms with Gasteiger partial charge >= 0.3 is 0 Å². The first kappa shape index (κ1) is 12.8. The molecule has 0 saturated heterocycles. The number of furan rings is 1. The molecule has 1 aromatic carbocycles. The Morgan fingerprint density at radius 3 is 2.63 bits per heavy atom. The summed E-state index contributed by atoms with van der Waals surface area (Å²) in [5, 5.41) is 4.91. The van der Waals surface area contributed by atoms with Gasteiger partial charge in [-0.05, 0) is 24.3 Å². The number of benzene rings is 1. The highest BCUT2D eigenvalue weighted by Gasteiger charge is 2.11. The van der Waals surface area contributed by atoms with Crippen molar-refractivity contribution in [3.8, 4) is 0 Å². The van der Waals surface area contributed by atoms with E-state index in [4.69, 9.17) is 4.42 Å². The van der Waals surface area contributed by atoms with Gasteiger partial charge in [0.1, 0.15) is 12.1 Å². The SMILES string of the molecule is CC(=O)Nc1ccc(F)c(NC(=O)c2ccoc2)c1. The van der Waals surface area contributed by atoms with Gasteiger partial charge in [-0.2, -0.15) is 0 Å². The molecule has 2 N–H and O–H groups in total. The molecule has 6 heteroatoms. The predicted octanol–water partition coefficient (Wildman–Crippen LogP) is 2.63. The molecule has 0 aliphatic heterocycles. The molecule has 0 radical (unpaired) electrons. The Morgan fingerprint density at radius 2 is 2.00 bits per heavy atom. The van der Waals surface area contributed by atoms with Crippen molar-refractivity contribution in [3.05, 3.63) is 48.2 Å². The summed E-state index contributed by atoms with van der Waals surface area (Å²) in [6.45, 7) is 1.34. The average molecular weight is 262 g/mol. The molecular formula is C13H11FN2O3. The van der Waals surface area contributed by atoms with Crippen LogP contribution in [-0.4, -0.2) is 11.8 Å². The van der Waals surface area contributed by atoms with Crippen molar-refractivity contribution in [1.82, 2.24) is 0 Å². The van der Waals surface area contributed by atoms with Crippen LogP contribution in [0.15, 0.2) is 41.2 Å². The first-order valence-corrected chi connectivity index (χ1v) is 5.47. The van der Waals surface area contributed by atoms with Crippen LogP contribution < -0.4 is 10.6 Å². The van der Waals surface area contributed by atoms with Crippen LogP contribution in [0.4, 0.5) is 15.8 Å². The molecule has 0 unspecified atom stereocenters. The second-order valence-corrected chi connectivity index (χ2v) is 3.84. The minimum Gasteiger partial charge on any atom is -0.472 e. The maximum atomic E-state index is 13.6. The lowest BCUT2D eigenvalue weighted by atomic mass is 10.2. The van der Waals surface area contributed by atoms with E-state index < -0.39 is 11.7 Å². The summed E-state index contributed by atoms with van der Waals surface area (Å²) in [6.07, 6.45) is 2.60. The number of amides is 2. The van der Waals surface area contributed by atoms with Crippen molar-refractivity contribution in [2.75, 3.05) is 10.6 Å². The Bertz CT molecular complexity index is 608. The van der Waals surface area contributed by atoms with Gasteiger partial charge in [0.2, 0.25) is 5.91 Å². The molecule has 0 bridgehead atoms. The zero-order valence-electron chi connectivity index (χ0n) is 10.1. The largest absolute Gasteiger partial charge is 0.472 e. The minimum atomic E-state index is -0.592. The molecule has 2 aromatic rings. The van der Waals surface area contributed by atoms with E-state index in [9.17, 15) is 14.0 Å². The summed E-state index contributed by atoms with van der Waals surface area (Å²) in [5.74, 6) is -1.36. The minimum absolute atomic E-state index is 0.0162. The van der Waals surface area contributed by atoms with E-state index in [1.807, 2.05) is 0 Å². The quantitative estimate of drug-likeness (QED) is 0.893. The molecular weight excluding hydrogens is 251 g/mol. The molecule has 0 fully saturated rings. The van der Waals surface area contributed by atoms with Crippen LogP contribution in [0.25, 0.3) is 0 Å². The molecule has 1 aromatic heterocycles. The van der Waals surface area contributed by atoms with Crippen LogP contribution >= 0.6 is 0 Å². The van der Waals surface area contributed by atoms with Crippen LogP contribution in [0.1, 0.15) is 17.3 Å². The van der Waals surface area contributed by atoms with E-state index in [0.717, 1.165) is 6.07 Å². The number of anilines is 2. The first-order valence-electron chi connectivity index (χ1n) is 5.47. The topological polar surface area (TPSA) is 71.3 Å². The van der Waals surface area contributed by atoms with Gasteiger partial charge in [0, 0.05) is 12.6 Å². The Labute approximate surface area is 108 Å². The predicted molar refractivity (Wildman–Crippen MR) is 67.4 cm³/mol. The number of hydrogen-bond acceptors (Lipinski definition) is 3.